The van der Waals surface area contributed by atoms with Gasteiger partial charge in [-0.15, -0.1) is 35.3 Å². The van der Waals surface area contributed by atoms with E-state index in [-0.39, 0.29) is 29.7 Å². The topological polar surface area (TPSA) is 57.1 Å². The second kappa shape index (κ2) is 12.0. The zero-order valence-electron chi connectivity index (χ0n) is 15.6. The predicted octanol–water partition coefficient (Wildman–Crippen LogP) is 3.76. The van der Waals surface area contributed by atoms with Crippen LogP contribution in [0.15, 0.2) is 40.7 Å². The van der Waals surface area contributed by atoms with Crippen molar-refractivity contribution in [3.63, 3.8) is 0 Å². The molecule has 0 aliphatic carbocycles. The highest BCUT2D eigenvalue weighted by molar-refractivity contribution is 14.0. The van der Waals surface area contributed by atoms with Crippen molar-refractivity contribution in [2.75, 3.05) is 33.8 Å². The number of phenolic OH excluding ortho intramolecular Hbond substituents is 1. The van der Waals surface area contributed by atoms with Gasteiger partial charge >= 0.3 is 0 Å². The van der Waals surface area contributed by atoms with E-state index in [9.17, 15) is 5.11 Å². The summed E-state index contributed by atoms with van der Waals surface area (Å²) in [6.45, 7) is 4.43. The van der Waals surface area contributed by atoms with Gasteiger partial charge in [-0.1, -0.05) is 12.1 Å². The van der Waals surface area contributed by atoms with Gasteiger partial charge in [-0.2, -0.15) is 0 Å². The van der Waals surface area contributed by atoms with Crippen LogP contribution < -0.4 is 10.1 Å². The summed E-state index contributed by atoms with van der Waals surface area (Å²) in [6.07, 6.45) is 1.70. The SMILES string of the molecule is CCNC(=NCCc1ccc(OC)cc1O)N(C)CCc1cccs1.I. The van der Waals surface area contributed by atoms with Crippen molar-refractivity contribution in [3.05, 3.63) is 46.2 Å². The van der Waals surface area contributed by atoms with E-state index < -0.39 is 0 Å². The summed E-state index contributed by atoms with van der Waals surface area (Å²) in [5.41, 5.74) is 0.877. The van der Waals surface area contributed by atoms with Crippen LogP contribution in [0.25, 0.3) is 0 Å². The van der Waals surface area contributed by atoms with Gasteiger partial charge in [0, 0.05) is 37.6 Å². The average Bonchev–Trinajstić information content (AvgIpc) is 3.13. The molecule has 0 amide bonds. The first kappa shape index (κ1) is 22.6. The van der Waals surface area contributed by atoms with Crippen LogP contribution in [0, 0.1) is 0 Å². The van der Waals surface area contributed by atoms with Crippen molar-refractivity contribution >= 4 is 41.3 Å². The number of phenols is 1. The largest absolute Gasteiger partial charge is 0.508 e. The predicted molar refractivity (Wildman–Crippen MR) is 120 cm³/mol. The van der Waals surface area contributed by atoms with Crippen LogP contribution in [0.2, 0.25) is 0 Å². The Kier molecular flexibility index (Phi) is 10.4. The number of rotatable bonds is 8. The molecule has 0 atom stereocenters. The van der Waals surface area contributed by atoms with E-state index in [0.29, 0.717) is 18.7 Å². The molecule has 0 aliphatic heterocycles. The van der Waals surface area contributed by atoms with Gasteiger partial charge < -0.3 is 20.1 Å². The summed E-state index contributed by atoms with van der Waals surface area (Å²) in [6, 6.07) is 9.63. The van der Waals surface area contributed by atoms with Gasteiger partial charge in [-0.25, -0.2) is 0 Å². The van der Waals surface area contributed by atoms with Crippen LogP contribution in [-0.2, 0) is 12.8 Å². The summed E-state index contributed by atoms with van der Waals surface area (Å²) in [5, 5.41) is 15.5. The van der Waals surface area contributed by atoms with Crippen LogP contribution in [0.5, 0.6) is 11.5 Å². The van der Waals surface area contributed by atoms with E-state index in [1.54, 1.807) is 24.5 Å². The lowest BCUT2D eigenvalue weighted by molar-refractivity contribution is 0.406. The smallest absolute Gasteiger partial charge is 0.193 e. The zero-order chi connectivity index (χ0) is 18.1. The van der Waals surface area contributed by atoms with Crippen molar-refractivity contribution in [2.24, 2.45) is 4.99 Å². The van der Waals surface area contributed by atoms with Crippen molar-refractivity contribution in [2.45, 2.75) is 19.8 Å². The molecule has 0 radical (unpaired) electrons. The fourth-order valence-corrected chi connectivity index (χ4v) is 3.17. The molecule has 5 nitrogen and oxygen atoms in total. The van der Waals surface area contributed by atoms with Crippen LogP contribution in [0.4, 0.5) is 0 Å². The third kappa shape index (κ3) is 7.03. The molecule has 0 saturated heterocycles. The minimum atomic E-state index is 0. The van der Waals surface area contributed by atoms with Gasteiger partial charge in [-0.3, -0.25) is 4.99 Å². The van der Waals surface area contributed by atoms with Gasteiger partial charge in [0.05, 0.1) is 7.11 Å². The molecule has 26 heavy (non-hydrogen) atoms. The second-order valence-electron chi connectivity index (χ2n) is 5.73. The molecule has 0 spiro atoms. The van der Waals surface area contributed by atoms with E-state index in [1.807, 2.05) is 12.1 Å². The van der Waals surface area contributed by atoms with Gasteiger partial charge in [0.25, 0.3) is 0 Å². The number of nitrogens with zero attached hydrogens (tertiary/aromatic N) is 2. The van der Waals surface area contributed by atoms with E-state index >= 15 is 0 Å². The lowest BCUT2D eigenvalue weighted by atomic mass is 10.1. The summed E-state index contributed by atoms with van der Waals surface area (Å²) >= 11 is 1.78. The number of methoxy groups -OCH3 is 1. The minimum absolute atomic E-state index is 0. The van der Waals surface area contributed by atoms with Gasteiger partial charge in [0.1, 0.15) is 11.5 Å². The standard InChI is InChI=1S/C19H27N3O2S.HI/c1-4-20-19(22(2)12-10-17-6-5-13-25-17)21-11-9-15-7-8-16(24-3)14-18(15)23;/h5-8,13-14,23H,4,9-12H2,1-3H3,(H,20,21);1H. The Balaban J connectivity index is 0.00000338. The first-order valence-electron chi connectivity index (χ1n) is 8.51. The first-order chi connectivity index (χ1) is 12.1. The normalized spacial score (nSPS) is 11.0. The fraction of sp³-hybridized carbons (Fsp3) is 0.421. The Hall–Kier alpha value is -1.48. The van der Waals surface area contributed by atoms with Crippen molar-refractivity contribution in [3.8, 4) is 11.5 Å². The van der Waals surface area contributed by atoms with Crippen molar-refractivity contribution in [1.82, 2.24) is 10.2 Å². The number of aliphatic imine (C=N–C) groups is 1. The molecule has 0 saturated carbocycles. The quantitative estimate of drug-likeness (QED) is 0.337. The monoisotopic (exact) mass is 489 g/mol. The highest BCUT2D eigenvalue weighted by Gasteiger charge is 2.07. The third-order valence-corrected chi connectivity index (χ3v) is 4.84. The van der Waals surface area contributed by atoms with Crippen molar-refractivity contribution < 1.29 is 9.84 Å². The lowest BCUT2D eigenvalue weighted by Gasteiger charge is -2.21. The van der Waals surface area contributed by atoms with Crippen LogP contribution in [0.1, 0.15) is 17.4 Å². The molecule has 0 fully saturated rings. The number of thiophene rings is 1. The number of guanidine groups is 1. The van der Waals surface area contributed by atoms with E-state index in [2.05, 4.69) is 46.7 Å². The Morgan fingerprint density at radius 3 is 2.73 bits per heavy atom. The molecule has 2 rings (SSSR count). The maximum absolute atomic E-state index is 10.0. The molecule has 0 bridgehead atoms. The number of hydrogen-bond donors (Lipinski definition) is 2. The average molecular weight is 489 g/mol. The summed E-state index contributed by atoms with van der Waals surface area (Å²) in [4.78, 5) is 8.22. The number of aromatic hydroxyl groups is 1. The fourth-order valence-electron chi connectivity index (χ4n) is 2.47. The van der Waals surface area contributed by atoms with Crippen LogP contribution in [-0.4, -0.2) is 49.8 Å². The van der Waals surface area contributed by atoms with Crippen molar-refractivity contribution in [1.29, 1.82) is 0 Å². The van der Waals surface area contributed by atoms with Gasteiger partial charge in [0.15, 0.2) is 5.96 Å². The lowest BCUT2D eigenvalue weighted by Crippen LogP contribution is -2.40. The molecular weight excluding hydrogens is 461 g/mol. The Morgan fingerprint density at radius 1 is 1.31 bits per heavy atom. The molecule has 144 valence electrons. The molecule has 1 aromatic carbocycles. The summed E-state index contributed by atoms with van der Waals surface area (Å²) in [5.74, 6) is 1.81. The number of likely N-dealkylation sites (N-methyl/N-ethyl adjacent to an activating group) is 1. The molecule has 2 N–H and O–H groups in total. The maximum Gasteiger partial charge on any atom is 0.193 e. The summed E-state index contributed by atoms with van der Waals surface area (Å²) in [7, 11) is 3.65. The number of nitrogens with one attached hydrogen (secondary N) is 1. The highest BCUT2D eigenvalue weighted by atomic mass is 127. The Bertz CT molecular complexity index is 677. The minimum Gasteiger partial charge on any atom is -0.508 e. The Labute approximate surface area is 177 Å². The Morgan fingerprint density at radius 2 is 2.12 bits per heavy atom. The van der Waals surface area contributed by atoms with E-state index in [1.165, 1.54) is 4.88 Å². The van der Waals surface area contributed by atoms with E-state index in [4.69, 9.17) is 4.74 Å². The summed E-state index contributed by atoms with van der Waals surface area (Å²) < 4.78 is 5.11. The van der Waals surface area contributed by atoms with Gasteiger partial charge in [0.2, 0.25) is 0 Å². The molecule has 1 heterocycles. The molecule has 1 aromatic heterocycles. The third-order valence-electron chi connectivity index (χ3n) is 3.91. The molecule has 0 aliphatic rings. The number of ether oxygens (including phenoxy) is 1. The zero-order valence-corrected chi connectivity index (χ0v) is 18.7. The molecular formula is C19H28IN3O2S. The highest BCUT2D eigenvalue weighted by Crippen LogP contribution is 2.23. The second-order valence-corrected chi connectivity index (χ2v) is 6.76. The molecule has 0 unspecified atom stereocenters. The molecule has 7 heteroatoms. The number of halogens is 1. The number of hydrogen-bond acceptors (Lipinski definition) is 4. The van der Waals surface area contributed by atoms with E-state index in [0.717, 1.165) is 31.0 Å². The number of benzene rings is 1. The van der Waals surface area contributed by atoms with Crippen LogP contribution in [0.3, 0.4) is 0 Å². The maximum atomic E-state index is 10.0. The van der Waals surface area contributed by atoms with Gasteiger partial charge in [-0.05, 0) is 42.8 Å². The first-order valence-corrected chi connectivity index (χ1v) is 9.39. The molecule has 2 aromatic rings. The van der Waals surface area contributed by atoms with Crippen LogP contribution >= 0.6 is 35.3 Å².